The molecule has 1 fully saturated rings. The molecule has 0 unspecified atom stereocenters. The van der Waals surface area contributed by atoms with E-state index in [1.54, 1.807) is 4.68 Å². The molecule has 2 aromatic carbocycles. The van der Waals surface area contributed by atoms with Crippen molar-refractivity contribution < 1.29 is 8.78 Å². The Labute approximate surface area is 201 Å². The molecule has 4 heterocycles. The summed E-state index contributed by atoms with van der Waals surface area (Å²) >= 11 is 0. The maximum Gasteiger partial charge on any atom is 0.137 e. The Bertz CT molecular complexity index is 1460. The molecule has 176 valence electrons. The van der Waals surface area contributed by atoms with Crippen LogP contribution in [0.15, 0.2) is 73.2 Å². The summed E-state index contributed by atoms with van der Waals surface area (Å²) in [6, 6.07) is 16.1. The molecule has 35 heavy (non-hydrogen) atoms. The van der Waals surface area contributed by atoms with Crippen LogP contribution in [-0.2, 0) is 6.54 Å². The van der Waals surface area contributed by atoms with Gasteiger partial charge in [0, 0.05) is 73.0 Å². The number of hydrogen-bond acceptors (Lipinski definition) is 4. The van der Waals surface area contributed by atoms with Gasteiger partial charge in [0.05, 0.1) is 12.2 Å². The van der Waals surface area contributed by atoms with Crippen LogP contribution < -0.4 is 10.2 Å². The molecule has 1 aliphatic heterocycles. The van der Waals surface area contributed by atoms with Gasteiger partial charge in [0.15, 0.2) is 0 Å². The number of nitrogens with one attached hydrogen (secondary N) is 2. The fourth-order valence-electron chi connectivity index (χ4n) is 4.64. The number of aromatic nitrogens is 4. The van der Waals surface area contributed by atoms with Gasteiger partial charge in [-0.15, -0.1) is 0 Å². The molecule has 2 N–H and O–H groups in total. The Morgan fingerprint density at radius 1 is 0.886 bits per heavy atom. The van der Waals surface area contributed by atoms with Crippen molar-refractivity contribution in [3.05, 3.63) is 90.4 Å². The fourth-order valence-corrected chi connectivity index (χ4v) is 4.64. The predicted molar refractivity (Wildman–Crippen MR) is 133 cm³/mol. The zero-order valence-corrected chi connectivity index (χ0v) is 19.0. The quantitative estimate of drug-likeness (QED) is 0.386. The number of H-pyrrole nitrogens is 1. The number of fused-ring (bicyclic) bond motifs is 1. The van der Waals surface area contributed by atoms with Gasteiger partial charge in [0.1, 0.15) is 17.3 Å². The van der Waals surface area contributed by atoms with Crippen molar-refractivity contribution in [3.63, 3.8) is 0 Å². The third-order valence-electron chi connectivity index (χ3n) is 6.40. The molecule has 0 saturated carbocycles. The minimum absolute atomic E-state index is 0.278. The Kier molecular flexibility index (Phi) is 5.50. The maximum atomic E-state index is 13.5. The summed E-state index contributed by atoms with van der Waals surface area (Å²) in [4.78, 5) is 10.2. The molecule has 1 aliphatic rings. The smallest absolute Gasteiger partial charge is 0.137 e. The average molecular weight is 471 g/mol. The van der Waals surface area contributed by atoms with Gasteiger partial charge < -0.3 is 15.2 Å². The number of benzene rings is 2. The first kappa shape index (κ1) is 21.5. The van der Waals surface area contributed by atoms with E-state index >= 15 is 0 Å². The Morgan fingerprint density at radius 3 is 2.43 bits per heavy atom. The second kappa shape index (κ2) is 8.96. The third-order valence-corrected chi connectivity index (χ3v) is 6.40. The lowest BCUT2D eigenvalue weighted by Gasteiger charge is -2.29. The van der Waals surface area contributed by atoms with Gasteiger partial charge in [0.2, 0.25) is 0 Å². The summed E-state index contributed by atoms with van der Waals surface area (Å²) in [6.45, 7) is 4.32. The van der Waals surface area contributed by atoms with Gasteiger partial charge in [-0.2, -0.15) is 5.10 Å². The molecule has 0 radical (unpaired) electrons. The van der Waals surface area contributed by atoms with Crippen LogP contribution in [0.1, 0.15) is 5.56 Å². The van der Waals surface area contributed by atoms with Crippen molar-refractivity contribution in [1.82, 2.24) is 25.1 Å². The topological polar surface area (TPSA) is 61.8 Å². The lowest BCUT2D eigenvalue weighted by molar-refractivity contribution is 0.574. The molecule has 8 heteroatoms. The monoisotopic (exact) mass is 470 g/mol. The van der Waals surface area contributed by atoms with Crippen molar-refractivity contribution in [3.8, 4) is 22.4 Å². The summed E-state index contributed by atoms with van der Waals surface area (Å²) < 4.78 is 28.8. The third kappa shape index (κ3) is 4.40. The summed E-state index contributed by atoms with van der Waals surface area (Å²) in [5, 5.41) is 8.99. The van der Waals surface area contributed by atoms with E-state index in [9.17, 15) is 8.78 Å². The van der Waals surface area contributed by atoms with E-state index in [4.69, 9.17) is 0 Å². The van der Waals surface area contributed by atoms with Crippen LogP contribution in [0.5, 0.6) is 0 Å². The van der Waals surface area contributed by atoms with Crippen LogP contribution >= 0.6 is 0 Å². The SMILES string of the molecule is Fc1cc(F)cc(Cn2ccc(-c3c[nH]c4ncc(-c5ccc(N6CCNCC6)cc5)cc34)n2)c1. The average Bonchev–Trinajstić information content (AvgIpc) is 3.50. The van der Waals surface area contributed by atoms with Crippen molar-refractivity contribution in [1.29, 1.82) is 0 Å². The van der Waals surface area contributed by atoms with Gasteiger partial charge in [0.25, 0.3) is 0 Å². The first-order chi connectivity index (χ1) is 17.1. The molecule has 3 aromatic heterocycles. The van der Waals surface area contributed by atoms with Crippen molar-refractivity contribution >= 4 is 16.7 Å². The van der Waals surface area contributed by atoms with Gasteiger partial charge in [-0.3, -0.25) is 4.68 Å². The highest BCUT2D eigenvalue weighted by Crippen LogP contribution is 2.31. The molecule has 6 nitrogen and oxygen atoms in total. The zero-order chi connectivity index (χ0) is 23.8. The number of pyridine rings is 1. The maximum absolute atomic E-state index is 13.5. The molecular formula is C27H24F2N6. The van der Waals surface area contributed by atoms with E-state index in [-0.39, 0.29) is 6.54 Å². The standard InChI is InChI=1S/C27H24F2N6/c28-21-11-18(12-22(29)14-21)17-35-8-5-26(33-35)25-16-32-27-24(25)13-20(15-31-27)19-1-3-23(4-2-19)34-9-6-30-7-10-34/h1-5,8,11-16,30H,6-7,9-10,17H2,(H,31,32). The molecule has 0 atom stereocenters. The predicted octanol–water partition coefficient (Wildman–Crippen LogP) is 4.83. The first-order valence-electron chi connectivity index (χ1n) is 11.6. The molecule has 1 saturated heterocycles. The highest BCUT2D eigenvalue weighted by molar-refractivity contribution is 5.94. The minimum Gasteiger partial charge on any atom is -0.369 e. The molecule has 0 amide bonds. The van der Waals surface area contributed by atoms with E-state index in [1.165, 1.54) is 17.8 Å². The van der Waals surface area contributed by atoms with Crippen molar-refractivity contribution in [2.45, 2.75) is 6.54 Å². The zero-order valence-electron chi connectivity index (χ0n) is 19.0. The molecule has 0 bridgehead atoms. The van der Waals surface area contributed by atoms with Crippen LogP contribution in [-0.4, -0.2) is 45.9 Å². The lowest BCUT2D eigenvalue weighted by atomic mass is 10.0. The van der Waals surface area contributed by atoms with Gasteiger partial charge in [-0.05, 0) is 47.5 Å². The summed E-state index contributed by atoms with van der Waals surface area (Å²) in [7, 11) is 0. The van der Waals surface area contributed by atoms with Crippen LogP contribution in [0, 0.1) is 11.6 Å². The second-order valence-corrected chi connectivity index (χ2v) is 8.78. The highest BCUT2D eigenvalue weighted by atomic mass is 19.1. The molecule has 0 aliphatic carbocycles. The van der Waals surface area contributed by atoms with E-state index in [2.05, 4.69) is 55.6 Å². The Balaban J connectivity index is 1.27. The summed E-state index contributed by atoms with van der Waals surface area (Å²) in [5.74, 6) is -1.19. The largest absolute Gasteiger partial charge is 0.369 e. The number of anilines is 1. The number of nitrogens with zero attached hydrogens (tertiary/aromatic N) is 4. The molecular weight excluding hydrogens is 446 g/mol. The van der Waals surface area contributed by atoms with Gasteiger partial charge >= 0.3 is 0 Å². The van der Waals surface area contributed by atoms with E-state index in [0.29, 0.717) is 5.56 Å². The Morgan fingerprint density at radius 2 is 1.66 bits per heavy atom. The van der Waals surface area contributed by atoms with Crippen molar-refractivity contribution in [2.24, 2.45) is 0 Å². The number of halogens is 2. The van der Waals surface area contributed by atoms with E-state index < -0.39 is 11.6 Å². The number of aromatic amines is 1. The number of rotatable bonds is 5. The molecule has 0 spiro atoms. The lowest BCUT2D eigenvalue weighted by Crippen LogP contribution is -2.43. The van der Waals surface area contributed by atoms with Crippen LogP contribution in [0.2, 0.25) is 0 Å². The summed E-state index contributed by atoms with van der Waals surface area (Å²) in [6.07, 6.45) is 5.58. The normalized spacial score (nSPS) is 14.1. The molecule has 5 aromatic rings. The summed E-state index contributed by atoms with van der Waals surface area (Å²) in [5.41, 5.74) is 6.35. The van der Waals surface area contributed by atoms with Crippen LogP contribution in [0.3, 0.4) is 0 Å². The number of hydrogen-bond donors (Lipinski definition) is 2. The van der Waals surface area contributed by atoms with E-state index in [1.807, 2.05) is 24.7 Å². The first-order valence-corrected chi connectivity index (χ1v) is 11.6. The van der Waals surface area contributed by atoms with Crippen molar-refractivity contribution in [2.75, 3.05) is 31.1 Å². The second-order valence-electron chi connectivity index (χ2n) is 8.78. The Hall–Kier alpha value is -4.04. The van der Waals surface area contributed by atoms with E-state index in [0.717, 1.165) is 65.7 Å². The number of piperazine rings is 1. The molecule has 6 rings (SSSR count). The minimum atomic E-state index is -0.594. The van der Waals surface area contributed by atoms with Crippen LogP contribution in [0.4, 0.5) is 14.5 Å². The highest BCUT2D eigenvalue weighted by Gasteiger charge is 2.13. The van der Waals surface area contributed by atoms with Gasteiger partial charge in [-0.1, -0.05) is 12.1 Å². The fraction of sp³-hybridized carbons (Fsp3) is 0.185. The van der Waals surface area contributed by atoms with Gasteiger partial charge in [-0.25, -0.2) is 13.8 Å². The van der Waals surface area contributed by atoms with Crippen LogP contribution in [0.25, 0.3) is 33.4 Å².